The molecule has 0 aliphatic heterocycles. The summed E-state index contributed by atoms with van der Waals surface area (Å²) in [5.74, 6) is -0.422. The number of ketones is 2. The van der Waals surface area contributed by atoms with E-state index in [4.69, 9.17) is 4.98 Å². The number of benzene rings is 4. The van der Waals surface area contributed by atoms with Gasteiger partial charge in [0.05, 0.1) is 10.3 Å². The number of rotatable bonds is 3. The molecule has 2 heterocycles. The highest BCUT2D eigenvalue weighted by molar-refractivity contribution is 7.21. The monoisotopic (exact) mass is 484 g/mol. The Bertz CT molecular complexity index is 1860. The summed E-state index contributed by atoms with van der Waals surface area (Å²) in [6.07, 6.45) is 1.74. The quantitative estimate of drug-likeness (QED) is 0.192. The van der Waals surface area contributed by atoms with Gasteiger partial charge in [0, 0.05) is 28.9 Å². The van der Waals surface area contributed by atoms with E-state index in [9.17, 15) is 9.59 Å². The van der Waals surface area contributed by atoms with Gasteiger partial charge in [0.1, 0.15) is 5.01 Å². The van der Waals surface area contributed by atoms with E-state index in [0.717, 1.165) is 37.4 Å². The van der Waals surface area contributed by atoms with E-state index in [1.165, 1.54) is 10.8 Å². The molecule has 7 rings (SSSR count). The number of Topliss-reactive ketones (excluding diaryl/α,β-unsaturated/α-hetero) is 2. The number of aromatic nitrogens is 2. The van der Waals surface area contributed by atoms with Crippen molar-refractivity contribution in [2.24, 2.45) is 0 Å². The molecule has 4 nitrogen and oxygen atoms in total. The number of thiazole rings is 1. The van der Waals surface area contributed by atoms with Crippen LogP contribution in [0.15, 0.2) is 90.5 Å². The Balaban J connectivity index is 1.33. The zero-order valence-corrected chi connectivity index (χ0v) is 20.3. The van der Waals surface area contributed by atoms with Gasteiger partial charge in [0.15, 0.2) is 17.2 Å². The third-order valence-corrected chi connectivity index (χ3v) is 8.00. The molecule has 0 N–H and O–H groups in total. The zero-order valence-electron chi connectivity index (χ0n) is 19.5. The molecule has 6 aromatic rings. The third kappa shape index (κ3) is 3.03. The Morgan fingerprint density at radius 2 is 1.42 bits per heavy atom. The minimum absolute atomic E-state index is 0.211. The van der Waals surface area contributed by atoms with Crippen LogP contribution in [0.5, 0.6) is 0 Å². The minimum atomic E-state index is -0.211. The Morgan fingerprint density at radius 3 is 2.11 bits per heavy atom. The van der Waals surface area contributed by atoms with Crippen LogP contribution in [0.1, 0.15) is 33.3 Å². The summed E-state index contributed by atoms with van der Waals surface area (Å²) in [5, 5.41) is 5.24. The number of carbonyl (C=O) groups is 2. The van der Waals surface area contributed by atoms with Gasteiger partial charge in [-0.15, -0.1) is 11.3 Å². The second kappa shape index (κ2) is 7.83. The molecule has 5 heteroatoms. The highest BCUT2D eigenvalue weighted by Gasteiger charge is 2.33. The predicted molar refractivity (Wildman–Crippen MR) is 147 cm³/mol. The molecule has 4 aromatic carbocycles. The summed E-state index contributed by atoms with van der Waals surface area (Å²) in [7, 11) is 0. The number of aryl methyl sites for hydroxylation is 1. The van der Waals surface area contributed by atoms with Crippen LogP contribution >= 0.6 is 11.3 Å². The first kappa shape index (κ1) is 21.0. The lowest BCUT2D eigenvalue weighted by Gasteiger charge is -2.05. The van der Waals surface area contributed by atoms with Crippen molar-refractivity contribution in [2.45, 2.75) is 13.5 Å². The van der Waals surface area contributed by atoms with Crippen LogP contribution in [0.2, 0.25) is 0 Å². The number of carbonyl (C=O) groups excluding carboxylic acids is 2. The average molecular weight is 485 g/mol. The number of allylic oxidation sites excluding steroid dienone is 1. The second-order valence-corrected chi connectivity index (χ2v) is 10.0. The molecule has 1 aliphatic carbocycles. The number of hydrogen-bond acceptors (Lipinski definition) is 4. The SMILES string of the molecule is CCn1c(C=C2C(=O)c3cc4ccccc4cc3C2=O)cc2sc(-c3cccc4ccccc34)nc21. The van der Waals surface area contributed by atoms with Crippen molar-refractivity contribution in [3.8, 4) is 10.6 Å². The normalized spacial score (nSPS) is 13.3. The predicted octanol–water partition coefficient (Wildman–Crippen LogP) is 7.55. The molecule has 0 atom stereocenters. The van der Waals surface area contributed by atoms with Crippen molar-refractivity contribution in [2.75, 3.05) is 0 Å². The first-order valence-corrected chi connectivity index (χ1v) is 12.8. The lowest BCUT2D eigenvalue weighted by Crippen LogP contribution is -2.03. The molecule has 1 aliphatic rings. The smallest absolute Gasteiger partial charge is 0.197 e. The van der Waals surface area contributed by atoms with Crippen LogP contribution in [0.4, 0.5) is 0 Å². The van der Waals surface area contributed by atoms with E-state index >= 15 is 0 Å². The Labute approximate surface area is 211 Å². The molecular formula is C31H20N2O2S. The molecule has 0 saturated heterocycles. The van der Waals surface area contributed by atoms with Crippen LogP contribution < -0.4 is 0 Å². The van der Waals surface area contributed by atoms with Crippen molar-refractivity contribution in [1.29, 1.82) is 0 Å². The first-order valence-electron chi connectivity index (χ1n) is 11.9. The van der Waals surface area contributed by atoms with Gasteiger partial charge in [0.2, 0.25) is 0 Å². The summed E-state index contributed by atoms with van der Waals surface area (Å²) in [5.41, 5.74) is 3.99. The van der Waals surface area contributed by atoms with E-state index in [0.29, 0.717) is 17.7 Å². The summed E-state index contributed by atoms with van der Waals surface area (Å²) in [6.45, 7) is 2.73. The molecule has 172 valence electrons. The Hall–Kier alpha value is -4.35. The molecule has 0 fully saturated rings. The van der Waals surface area contributed by atoms with Gasteiger partial charge >= 0.3 is 0 Å². The molecule has 0 spiro atoms. The molecule has 0 radical (unpaired) electrons. The topological polar surface area (TPSA) is 52.0 Å². The minimum Gasteiger partial charge on any atom is -0.325 e. The van der Waals surface area contributed by atoms with Crippen molar-refractivity contribution < 1.29 is 9.59 Å². The van der Waals surface area contributed by atoms with Crippen LogP contribution in [0, 0.1) is 0 Å². The number of nitrogens with zero attached hydrogens (tertiary/aromatic N) is 2. The van der Waals surface area contributed by atoms with Crippen molar-refractivity contribution >= 4 is 60.9 Å². The second-order valence-electron chi connectivity index (χ2n) is 9.01. The molecule has 0 saturated carbocycles. The van der Waals surface area contributed by atoms with Gasteiger partial charge in [-0.05, 0) is 52.7 Å². The van der Waals surface area contributed by atoms with Crippen LogP contribution in [-0.2, 0) is 6.54 Å². The fraction of sp³-hybridized carbons (Fsp3) is 0.0645. The van der Waals surface area contributed by atoms with Crippen LogP contribution in [0.3, 0.4) is 0 Å². The van der Waals surface area contributed by atoms with E-state index in [1.54, 1.807) is 17.4 Å². The molecule has 0 unspecified atom stereocenters. The van der Waals surface area contributed by atoms with E-state index in [2.05, 4.69) is 41.8 Å². The maximum atomic E-state index is 13.3. The summed E-state index contributed by atoms with van der Waals surface area (Å²) < 4.78 is 3.11. The fourth-order valence-corrected chi connectivity index (χ4v) is 6.27. The van der Waals surface area contributed by atoms with E-state index in [1.807, 2.05) is 54.6 Å². The maximum absolute atomic E-state index is 13.3. The van der Waals surface area contributed by atoms with Crippen molar-refractivity contribution in [3.05, 3.63) is 107 Å². The van der Waals surface area contributed by atoms with Crippen molar-refractivity contribution in [1.82, 2.24) is 9.55 Å². The highest BCUT2D eigenvalue weighted by atomic mass is 32.1. The summed E-state index contributed by atoms with van der Waals surface area (Å²) >= 11 is 1.63. The lowest BCUT2D eigenvalue weighted by molar-refractivity contribution is 0.0990. The molecule has 0 amide bonds. The zero-order chi connectivity index (χ0) is 24.4. The third-order valence-electron chi connectivity index (χ3n) is 6.97. The van der Waals surface area contributed by atoms with Crippen LogP contribution in [-0.4, -0.2) is 21.1 Å². The van der Waals surface area contributed by atoms with E-state index < -0.39 is 0 Å². The standard InChI is InChI=1S/C31H20N2O2S/c1-2-33-21(16-26-28(34)24-14-19-9-3-4-10-20(19)15-25(24)29(26)35)17-27-30(33)32-31(36-27)23-13-7-11-18-8-5-6-12-22(18)23/h3-17H,2H2,1H3. The van der Waals surface area contributed by atoms with Crippen LogP contribution in [0.25, 0.3) is 48.5 Å². The average Bonchev–Trinajstić information content (AvgIpc) is 3.53. The maximum Gasteiger partial charge on any atom is 0.197 e. The van der Waals surface area contributed by atoms with Gasteiger partial charge in [-0.25, -0.2) is 4.98 Å². The van der Waals surface area contributed by atoms with Crippen molar-refractivity contribution in [3.63, 3.8) is 0 Å². The Kier molecular flexibility index (Phi) is 4.56. The van der Waals surface area contributed by atoms with Gasteiger partial charge in [0.25, 0.3) is 0 Å². The molecular weight excluding hydrogens is 464 g/mol. The van der Waals surface area contributed by atoms with Gasteiger partial charge in [-0.1, -0.05) is 66.7 Å². The van der Waals surface area contributed by atoms with E-state index in [-0.39, 0.29) is 17.1 Å². The number of fused-ring (bicyclic) bond motifs is 4. The lowest BCUT2D eigenvalue weighted by atomic mass is 10.0. The Morgan fingerprint density at radius 1 is 0.778 bits per heavy atom. The fourth-order valence-electron chi connectivity index (χ4n) is 5.21. The van der Waals surface area contributed by atoms with Gasteiger partial charge < -0.3 is 4.57 Å². The molecule has 2 aromatic heterocycles. The largest absolute Gasteiger partial charge is 0.325 e. The molecule has 36 heavy (non-hydrogen) atoms. The summed E-state index contributed by atoms with van der Waals surface area (Å²) in [6, 6.07) is 28.1. The first-order chi connectivity index (χ1) is 17.6. The van der Waals surface area contributed by atoms with Gasteiger partial charge in [-0.2, -0.15) is 0 Å². The van der Waals surface area contributed by atoms with Gasteiger partial charge in [-0.3, -0.25) is 9.59 Å². The number of hydrogen-bond donors (Lipinski definition) is 0. The highest BCUT2D eigenvalue weighted by Crippen LogP contribution is 2.37. The molecule has 0 bridgehead atoms. The summed E-state index contributed by atoms with van der Waals surface area (Å²) in [4.78, 5) is 31.5.